The molecule has 1 aromatic carbocycles. The molecule has 8 heteroatoms. The Morgan fingerprint density at radius 1 is 1.12 bits per heavy atom. The molecule has 7 nitrogen and oxygen atoms in total. The monoisotopic (exact) mass is 487 g/mol. The molecule has 0 aliphatic carbocycles. The number of likely N-dealkylation sites (tertiary alicyclic amines) is 2. The first-order valence-corrected chi connectivity index (χ1v) is 12.8. The first kappa shape index (κ1) is 24.6. The Morgan fingerprint density at radius 3 is 2.68 bits per heavy atom. The summed E-state index contributed by atoms with van der Waals surface area (Å²) in [7, 11) is 0. The number of rotatable bonds is 8. The number of carbonyl (C=O) groups excluding carboxylic acids is 2. The highest BCUT2D eigenvalue weighted by Gasteiger charge is 2.41. The molecule has 184 valence electrons. The van der Waals surface area contributed by atoms with Crippen molar-refractivity contribution in [2.75, 3.05) is 32.8 Å². The maximum atomic E-state index is 13.3. The number of halogens is 1. The predicted octanol–water partition coefficient (Wildman–Crippen LogP) is 4.98. The van der Waals surface area contributed by atoms with Gasteiger partial charge in [-0.3, -0.25) is 9.59 Å². The number of hydrogen-bond donors (Lipinski definition) is 0. The second-order valence-electron chi connectivity index (χ2n) is 9.62. The Kier molecular flexibility index (Phi) is 8.14. The summed E-state index contributed by atoms with van der Waals surface area (Å²) in [4.78, 5) is 30.3. The largest absolute Gasteiger partial charge is 0.493 e. The van der Waals surface area contributed by atoms with Crippen molar-refractivity contribution in [2.45, 2.75) is 58.3 Å². The summed E-state index contributed by atoms with van der Waals surface area (Å²) < 4.78 is 11.5. The van der Waals surface area contributed by atoms with Crippen LogP contribution in [0.15, 0.2) is 34.9 Å². The number of hydrogen-bond acceptors (Lipinski definition) is 5. The summed E-state index contributed by atoms with van der Waals surface area (Å²) >= 11 is 6.13. The first-order chi connectivity index (χ1) is 16.5. The van der Waals surface area contributed by atoms with Crippen LogP contribution in [0.5, 0.6) is 5.75 Å². The van der Waals surface area contributed by atoms with Gasteiger partial charge in [0.25, 0.3) is 5.91 Å². The quantitative estimate of drug-likeness (QED) is 0.524. The molecule has 1 unspecified atom stereocenters. The van der Waals surface area contributed by atoms with E-state index in [-0.39, 0.29) is 11.8 Å². The van der Waals surface area contributed by atoms with Gasteiger partial charge in [-0.15, -0.1) is 0 Å². The highest BCUT2D eigenvalue weighted by atomic mass is 35.5. The summed E-state index contributed by atoms with van der Waals surface area (Å²) in [6, 6.07) is 9.03. The number of benzene rings is 1. The van der Waals surface area contributed by atoms with E-state index < -0.39 is 5.41 Å². The van der Waals surface area contributed by atoms with Gasteiger partial charge in [0, 0.05) is 55.5 Å². The van der Waals surface area contributed by atoms with Crippen LogP contribution in [-0.4, -0.2) is 59.6 Å². The van der Waals surface area contributed by atoms with E-state index in [4.69, 9.17) is 20.9 Å². The lowest BCUT2D eigenvalue weighted by Gasteiger charge is -2.43. The van der Waals surface area contributed by atoms with Gasteiger partial charge in [0.15, 0.2) is 5.69 Å². The number of nitrogens with zero attached hydrogens (tertiary/aromatic N) is 3. The lowest BCUT2D eigenvalue weighted by atomic mass is 9.77. The molecule has 2 aliphatic rings. The van der Waals surface area contributed by atoms with Crippen molar-refractivity contribution in [1.82, 2.24) is 15.0 Å². The molecule has 2 aromatic rings. The summed E-state index contributed by atoms with van der Waals surface area (Å²) in [5.41, 5.74) is -0.141. The van der Waals surface area contributed by atoms with Gasteiger partial charge < -0.3 is 19.1 Å². The maximum absolute atomic E-state index is 13.3. The average Bonchev–Trinajstić information content (AvgIpc) is 3.32. The van der Waals surface area contributed by atoms with E-state index in [0.717, 1.165) is 57.4 Å². The van der Waals surface area contributed by atoms with E-state index in [2.05, 4.69) is 12.1 Å². The molecule has 2 saturated heterocycles. The molecular formula is C26H34ClN3O4. The predicted molar refractivity (Wildman–Crippen MR) is 130 cm³/mol. The molecule has 0 saturated carbocycles. The fourth-order valence-electron chi connectivity index (χ4n) is 5.00. The Morgan fingerprint density at radius 2 is 1.91 bits per heavy atom. The van der Waals surface area contributed by atoms with Gasteiger partial charge in [-0.05, 0) is 56.7 Å². The minimum absolute atomic E-state index is 0.148. The molecular weight excluding hydrogens is 454 g/mol. The van der Waals surface area contributed by atoms with Gasteiger partial charge in [-0.1, -0.05) is 29.7 Å². The summed E-state index contributed by atoms with van der Waals surface area (Å²) in [6.07, 6.45) is 6.93. The van der Waals surface area contributed by atoms with Crippen LogP contribution in [0, 0.1) is 5.41 Å². The number of piperidine rings is 2. The number of aryl methyl sites for hydroxylation is 1. The van der Waals surface area contributed by atoms with Crippen molar-refractivity contribution in [3.8, 4) is 5.75 Å². The van der Waals surface area contributed by atoms with Crippen LogP contribution in [0.25, 0.3) is 0 Å². The van der Waals surface area contributed by atoms with E-state index in [1.807, 2.05) is 21.9 Å². The second kappa shape index (κ2) is 11.3. The van der Waals surface area contributed by atoms with Gasteiger partial charge in [0.1, 0.15) is 11.5 Å². The molecule has 1 atom stereocenters. The van der Waals surface area contributed by atoms with Crippen LogP contribution in [0.4, 0.5) is 0 Å². The molecule has 1 aromatic heterocycles. The SMILES string of the molecule is CCCc1cc(C(=O)N2CCCC(COc3cccc(Cl)c3)(CC(=O)N3CCCCC3)C2)no1. The zero-order chi connectivity index (χ0) is 24.0. The topological polar surface area (TPSA) is 75.9 Å². The van der Waals surface area contributed by atoms with Crippen molar-refractivity contribution in [1.29, 1.82) is 0 Å². The molecule has 4 rings (SSSR count). The molecule has 3 heterocycles. The fraction of sp³-hybridized carbons (Fsp3) is 0.577. The Labute approximate surface area is 206 Å². The third kappa shape index (κ3) is 6.12. The van der Waals surface area contributed by atoms with E-state index in [0.29, 0.717) is 42.6 Å². The second-order valence-corrected chi connectivity index (χ2v) is 10.1. The van der Waals surface area contributed by atoms with Crippen molar-refractivity contribution in [3.05, 3.63) is 46.8 Å². The molecule has 0 N–H and O–H groups in total. The third-order valence-electron chi connectivity index (χ3n) is 6.80. The molecule has 2 fully saturated rings. The van der Waals surface area contributed by atoms with Crippen LogP contribution < -0.4 is 4.74 Å². The average molecular weight is 488 g/mol. The van der Waals surface area contributed by atoms with Gasteiger partial charge in [-0.25, -0.2) is 0 Å². The minimum atomic E-state index is -0.471. The van der Waals surface area contributed by atoms with E-state index >= 15 is 0 Å². The molecule has 2 amide bonds. The summed E-state index contributed by atoms with van der Waals surface area (Å²) in [5.74, 6) is 1.39. The zero-order valence-electron chi connectivity index (χ0n) is 19.9. The van der Waals surface area contributed by atoms with Gasteiger partial charge in [-0.2, -0.15) is 0 Å². The number of amides is 2. The maximum Gasteiger partial charge on any atom is 0.276 e. The minimum Gasteiger partial charge on any atom is -0.493 e. The van der Waals surface area contributed by atoms with Gasteiger partial charge in [0.2, 0.25) is 5.91 Å². The van der Waals surface area contributed by atoms with Crippen molar-refractivity contribution in [2.24, 2.45) is 5.41 Å². The molecule has 0 radical (unpaired) electrons. The highest BCUT2D eigenvalue weighted by Crippen LogP contribution is 2.36. The lowest BCUT2D eigenvalue weighted by molar-refractivity contribution is -0.136. The Hall–Kier alpha value is -2.54. The summed E-state index contributed by atoms with van der Waals surface area (Å²) in [6.45, 7) is 5.10. The van der Waals surface area contributed by atoms with E-state index in [1.54, 1.807) is 18.2 Å². The Bertz CT molecular complexity index is 988. The number of ether oxygens (including phenoxy) is 1. The lowest BCUT2D eigenvalue weighted by Crippen LogP contribution is -2.51. The van der Waals surface area contributed by atoms with Gasteiger partial charge >= 0.3 is 0 Å². The van der Waals surface area contributed by atoms with Crippen LogP contribution in [0.1, 0.15) is 68.1 Å². The highest BCUT2D eigenvalue weighted by molar-refractivity contribution is 6.30. The van der Waals surface area contributed by atoms with Crippen molar-refractivity contribution < 1.29 is 18.8 Å². The third-order valence-corrected chi connectivity index (χ3v) is 7.03. The van der Waals surface area contributed by atoms with Crippen LogP contribution in [-0.2, 0) is 11.2 Å². The molecule has 0 spiro atoms. The summed E-state index contributed by atoms with van der Waals surface area (Å²) in [5, 5.41) is 4.61. The van der Waals surface area contributed by atoms with Crippen molar-refractivity contribution >= 4 is 23.4 Å². The van der Waals surface area contributed by atoms with E-state index in [9.17, 15) is 9.59 Å². The fourth-order valence-corrected chi connectivity index (χ4v) is 5.18. The Balaban J connectivity index is 1.51. The number of carbonyl (C=O) groups is 2. The standard InChI is InChI=1S/C26H34ClN3O4/c1-2-8-22-16-23(28-34-22)25(32)30-14-7-11-26(18-30,17-24(31)29-12-4-3-5-13-29)19-33-21-10-6-9-20(27)15-21/h6,9-10,15-16H,2-5,7-8,11-14,17-19H2,1H3. The smallest absolute Gasteiger partial charge is 0.276 e. The van der Waals surface area contributed by atoms with Crippen molar-refractivity contribution in [3.63, 3.8) is 0 Å². The first-order valence-electron chi connectivity index (χ1n) is 12.4. The molecule has 2 aliphatic heterocycles. The normalized spacial score (nSPS) is 20.9. The molecule has 34 heavy (non-hydrogen) atoms. The van der Waals surface area contributed by atoms with Crippen LogP contribution in [0.2, 0.25) is 5.02 Å². The van der Waals surface area contributed by atoms with E-state index in [1.165, 1.54) is 6.42 Å². The zero-order valence-corrected chi connectivity index (χ0v) is 20.7. The number of aromatic nitrogens is 1. The van der Waals surface area contributed by atoms with Gasteiger partial charge in [0.05, 0.1) is 6.61 Å². The van der Waals surface area contributed by atoms with Crippen LogP contribution in [0.3, 0.4) is 0 Å². The van der Waals surface area contributed by atoms with Crippen LogP contribution >= 0.6 is 11.6 Å². The molecule has 0 bridgehead atoms.